The van der Waals surface area contributed by atoms with Gasteiger partial charge in [0, 0.05) is 59.8 Å². The molecule has 18 aromatic carbocycles. The van der Waals surface area contributed by atoms with Crippen LogP contribution in [0, 0.1) is 0 Å². The largest absolute Gasteiger partial charge is 0.456 e. The Hall–Kier alpha value is -13.8. The van der Waals surface area contributed by atoms with Crippen LogP contribution in [-0.2, 0) is 0 Å². The highest BCUT2D eigenvalue weighted by Crippen LogP contribution is 2.51. The maximum absolute atomic E-state index is 6.57. The van der Waals surface area contributed by atoms with Gasteiger partial charge in [0.1, 0.15) is 44.7 Å². The van der Waals surface area contributed by atoms with Crippen molar-refractivity contribution in [2.45, 2.75) is 0 Å². The van der Waals surface area contributed by atoms with E-state index in [2.05, 4.69) is 322 Å². The summed E-state index contributed by atoms with van der Waals surface area (Å²) in [7, 11) is 0. The van der Waals surface area contributed by atoms with Crippen LogP contribution >= 0.6 is 0 Å². The van der Waals surface area contributed by atoms with Gasteiger partial charge in [-0.05, 0) is 164 Å². The molecule has 0 N–H and O–H groups in total. The summed E-state index contributed by atoms with van der Waals surface area (Å²) in [5, 5.41) is 18.8. The van der Waals surface area contributed by atoms with Gasteiger partial charge in [0.15, 0.2) is 0 Å². The molecule has 22 rings (SSSR count). The number of benzene rings is 18. The molecule has 0 aliphatic heterocycles. The summed E-state index contributed by atoms with van der Waals surface area (Å²) in [4.78, 5) is 0. The van der Waals surface area contributed by atoms with E-state index in [0.29, 0.717) is 0 Å². The van der Waals surface area contributed by atoms with Crippen LogP contribution in [0.4, 0.5) is 0 Å². The molecule has 4 heteroatoms. The van der Waals surface area contributed by atoms with Crippen molar-refractivity contribution in [2.24, 2.45) is 0 Å². The Labute approximate surface area is 597 Å². The van der Waals surface area contributed by atoms with Gasteiger partial charge in [-0.1, -0.05) is 315 Å². The lowest BCUT2D eigenvalue weighted by molar-refractivity contribution is 0.669. The molecule has 4 heterocycles. The maximum Gasteiger partial charge on any atom is 0.143 e. The molecule has 0 saturated heterocycles. The summed E-state index contributed by atoms with van der Waals surface area (Å²) in [6, 6.07) is 130. The quantitative estimate of drug-likeness (QED) is 0.142. The maximum atomic E-state index is 6.57. The van der Waals surface area contributed by atoms with Crippen molar-refractivity contribution in [3.05, 3.63) is 364 Å². The monoisotopic (exact) mass is 1320 g/mol. The van der Waals surface area contributed by atoms with Crippen molar-refractivity contribution in [3.8, 4) is 89.0 Å². The van der Waals surface area contributed by atoms with Gasteiger partial charge in [-0.2, -0.15) is 0 Å². The van der Waals surface area contributed by atoms with E-state index >= 15 is 0 Å². The van der Waals surface area contributed by atoms with Crippen LogP contribution < -0.4 is 0 Å². The third-order valence-corrected chi connectivity index (χ3v) is 21.4. The van der Waals surface area contributed by atoms with Gasteiger partial charge >= 0.3 is 0 Å². The molecule has 484 valence electrons. The van der Waals surface area contributed by atoms with Crippen LogP contribution in [0.25, 0.3) is 220 Å². The summed E-state index contributed by atoms with van der Waals surface area (Å²) >= 11 is 0. The fourth-order valence-corrected chi connectivity index (χ4v) is 16.8. The second-order valence-electron chi connectivity index (χ2n) is 27.1. The number of furan rings is 4. The van der Waals surface area contributed by atoms with Crippen LogP contribution in [0.3, 0.4) is 0 Å². The minimum Gasteiger partial charge on any atom is -0.456 e. The van der Waals surface area contributed by atoms with E-state index in [1.165, 1.54) is 98.7 Å². The minimum atomic E-state index is 0.904. The molecule has 0 fully saturated rings. The molecule has 0 atom stereocenters. The summed E-state index contributed by atoms with van der Waals surface area (Å²) in [5.41, 5.74) is 26.0. The summed E-state index contributed by atoms with van der Waals surface area (Å²) < 4.78 is 25.7. The highest BCUT2D eigenvalue weighted by molar-refractivity contribution is 6.25. The topological polar surface area (TPSA) is 52.6 Å². The van der Waals surface area contributed by atoms with Crippen molar-refractivity contribution < 1.29 is 17.7 Å². The van der Waals surface area contributed by atoms with E-state index < -0.39 is 0 Å². The van der Waals surface area contributed by atoms with Crippen molar-refractivity contribution in [2.75, 3.05) is 0 Å². The third-order valence-electron chi connectivity index (χ3n) is 21.4. The molecule has 0 saturated carbocycles. The summed E-state index contributed by atoms with van der Waals surface area (Å²) in [6.07, 6.45) is 0. The number of fused-ring (bicyclic) bond motifs is 16. The Morgan fingerprint density at radius 2 is 0.385 bits per heavy atom. The van der Waals surface area contributed by atoms with E-state index in [1.807, 2.05) is 42.5 Å². The molecule has 4 nitrogen and oxygen atoms in total. The lowest BCUT2D eigenvalue weighted by Gasteiger charge is -2.20. The number of hydrogen-bond acceptors (Lipinski definition) is 4. The molecule has 0 amide bonds. The predicted molar refractivity (Wildman–Crippen MR) is 436 cm³/mol. The smallest absolute Gasteiger partial charge is 0.143 e. The second kappa shape index (κ2) is 24.0. The average Bonchev–Trinajstić information content (AvgIpc) is 1.35. The molecular weight excluding hydrogens is 1270 g/mol. The fraction of sp³-hybridized carbons (Fsp3) is 0. The Kier molecular flexibility index (Phi) is 13.6. The SMILES string of the molecule is c1cc(-c2c3ccccc3c(-c3ccccc3-c3ccc4oc5ccccc5c4c3)c3ccccc23)cc(-c2cccc3c2oc2ccccc23)c1.c1cc(-c2c3ccccc3c(-c3ccccc3-c3cccc4c3oc3ccccc34)c3ccccc23)cc(-c2cccc3c2oc2ccccc23)c1. The highest BCUT2D eigenvalue weighted by Gasteiger charge is 2.25. The van der Waals surface area contributed by atoms with Gasteiger partial charge in [0.25, 0.3) is 0 Å². The first kappa shape index (κ1) is 59.1. The molecule has 4 aromatic heterocycles. The normalized spacial score (nSPS) is 11.8. The van der Waals surface area contributed by atoms with Gasteiger partial charge in [-0.15, -0.1) is 0 Å². The number of hydrogen-bond donors (Lipinski definition) is 0. The zero-order valence-corrected chi connectivity index (χ0v) is 56.3. The first-order valence-corrected chi connectivity index (χ1v) is 35.5. The van der Waals surface area contributed by atoms with E-state index in [0.717, 1.165) is 121 Å². The third kappa shape index (κ3) is 9.39. The highest BCUT2D eigenvalue weighted by atomic mass is 16.3. The fourth-order valence-electron chi connectivity index (χ4n) is 16.8. The Morgan fingerprint density at radius 1 is 0.125 bits per heavy atom. The Morgan fingerprint density at radius 3 is 0.808 bits per heavy atom. The van der Waals surface area contributed by atoms with Gasteiger partial charge in [0.05, 0.1) is 0 Å². The summed E-state index contributed by atoms with van der Waals surface area (Å²) in [5.74, 6) is 0. The Balaban J connectivity index is 0.000000134. The van der Waals surface area contributed by atoms with Crippen molar-refractivity contribution in [3.63, 3.8) is 0 Å². The molecule has 0 unspecified atom stereocenters. The van der Waals surface area contributed by atoms with Crippen LogP contribution in [0.1, 0.15) is 0 Å². The van der Waals surface area contributed by atoms with Gasteiger partial charge in [0.2, 0.25) is 0 Å². The zero-order valence-electron chi connectivity index (χ0n) is 56.3. The van der Waals surface area contributed by atoms with Gasteiger partial charge in [-0.3, -0.25) is 0 Å². The van der Waals surface area contributed by atoms with Crippen LogP contribution in [-0.4, -0.2) is 0 Å². The number of rotatable bonds is 8. The predicted octanol–water partition coefficient (Wildman–Crippen LogP) is 28.9. The summed E-state index contributed by atoms with van der Waals surface area (Å²) in [6.45, 7) is 0. The van der Waals surface area contributed by atoms with Gasteiger partial charge in [-0.25, -0.2) is 0 Å². The van der Waals surface area contributed by atoms with E-state index in [9.17, 15) is 0 Å². The lowest BCUT2D eigenvalue weighted by Crippen LogP contribution is -1.93. The van der Waals surface area contributed by atoms with Crippen molar-refractivity contribution in [1.29, 1.82) is 0 Å². The molecule has 22 aromatic rings. The van der Waals surface area contributed by atoms with Crippen molar-refractivity contribution in [1.82, 2.24) is 0 Å². The van der Waals surface area contributed by atoms with Crippen LogP contribution in [0.15, 0.2) is 382 Å². The van der Waals surface area contributed by atoms with E-state index in [4.69, 9.17) is 17.7 Å². The first-order chi connectivity index (χ1) is 51.6. The van der Waals surface area contributed by atoms with Gasteiger partial charge < -0.3 is 17.7 Å². The molecule has 0 aliphatic carbocycles. The molecule has 0 aliphatic rings. The molecule has 0 radical (unpaired) electrons. The lowest BCUT2D eigenvalue weighted by atomic mass is 9.83. The second-order valence-corrected chi connectivity index (χ2v) is 27.1. The van der Waals surface area contributed by atoms with Crippen LogP contribution in [0.5, 0.6) is 0 Å². The zero-order chi connectivity index (χ0) is 68.3. The van der Waals surface area contributed by atoms with Crippen LogP contribution in [0.2, 0.25) is 0 Å². The van der Waals surface area contributed by atoms with E-state index in [-0.39, 0.29) is 0 Å². The average molecular weight is 1330 g/mol. The Bertz CT molecular complexity index is 7130. The molecular formula is C100H60O4. The number of para-hydroxylation sites is 7. The molecule has 0 spiro atoms. The standard InChI is InChI=1S/2C50H30O2/c1-2-18-38(34(15-1)32-27-28-47-44(30-32)37-17-8-9-25-45(37)51-47)49-41-21-5-3-19-39(41)48(40-20-4-6-22-42(40)49)33-14-11-13-31(29-33)35-23-12-24-43-36-16-7-10-26-46(36)52-50(35)43;1-2-19-37(34(16-1)42-25-13-27-44-36-18-8-10-29-46(36)52-50(42)44)48-40-22-5-3-20-38(40)47(39-21-4-6-23-41(39)48)32-15-11-14-31(30-32)33-24-12-26-43-35-17-7-9-28-45(35)51-49(33)43/h2*1-30H. The first-order valence-electron chi connectivity index (χ1n) is 35.5. The minimum absolute atomic E-state index is 0.904. The molecule has 104 heavy (non-hydrogen) atoms. The van der Waals surface area contributed by atoms with Crippen molar-refractivity contribution >= 4 is 131 Å². The molecule has 0 bridgehead atoms. The van der Waals surface area contributed by atoms with E-state index in [1.54, 1.807) is 0 Å².